The lowest BCUT2D eigenvalue weighted by Gasteiger charge is -2.25. The molecule has 0 aromatic carbocycles. The van der Waals surface area contributed by atoms with Crippen molar-refractivity contribution in [1.82, 2.24) is 5.32 Å². The number of amides is 1. The second kappa shape index (κ2) is 6.36. The Morgan fingerprint density at radius 3 is 2.71 bits per heavy atom. The van der Waals surface area contributed by atoms with Gasteiger partial charge >= 0.3 is 0 Å². The minimum atomic E-state index is 0.0897. The second-order valence-electron chi connectivity index (χ2n) is 5.89. The van der Waals surface area contributed by atoms with Crippen LogP contribution >= 0.6 is 0 Å². The first-order chi connectivity index (χ1) is 7.94. The molecule has 17 heavy (non-hydrogen) atoms. The van der Waals surface area contributed by atoms with Crippen molar-refractivity contribution in [3.05, 3.63) is 0 Å². The van der Waals surface area contributed by atoms with Crippen LogP contribution in [0.5, 0.6) is 0 Å². The molecule has 0 heterocycles. The molecular weight excluding hydrogens is 216 g/mol. The van der Waals surface area contributed by atoms with Gasteiger partial charge in [0, 0.05) is 32.2 Å². The summed E-state index contributed by atoms with van der Waals surface area (Å²) in [7, 11) is 1.70. The molecule has 1 amide bonds. The summed E-state index contributed by atoms with van der Waals surface area (Å²) in [5.74, 6) is 0.298. The highest BCUT2D eigenvalue weighted by Crippen LogP contribution is 2.25. The number of hydrogen-bond acceptors (Lipinski definition) is 3. The molecule has 2 unspecified atom stereocenters. The van der Waals surface area contributed by atoms with E-state index in [9.17, 15) is 4.79 Å². The Hall–Kier alpha value is -0.610. The average molecular weight is 242 g/mol. The summed E-state index contributed by atoms with van der Waals surface area (Å²) in [6.45, 7) is 5.73. The number of nitrogens with two attached hydrogens (primary N) is 1. The van der Waals surface area contributed by atoms with Crippen LogP contribution in [-0.2, 0) is 9.53 Å². The zero-order valence-electron chi connectivity index (χ0n) is 11.3. The molecule has 0 aliphatic heterocycles. The lowest BCUT2D eigenvalue weighted by Crippen LogP contribution is -2.37. The molecule has 3 N–H and O–H groups in total. The maximum Gasteiger partial charge on any atom is 0.223 e. The number of carbonyl (C=O) groups excluding carboxylic acids is 1. The van der Waals surface area contributed by atoms with Crippen molar-refractivity contribution in [3.63, 3.8) is 0 Å². The predicted molar refractivity (Wildman–Crippen MR) is 68.6 cm³/mol. The highest BCUT2D eigenvalue weighted by atomic mass is 16.5. The van der Waals surface area contributed by atoms with Gasteiger partial charge in [-0.15, -0.1) is 0 Å². The Balaban J connectivity index is 2.27. The van der Waals surface area contributed by atoms with Crippen LogP contribution in [0.4, 0.5) is 0 Å². The second-order valence-corrected chi connectivity index (χ2v) is 5.89. The van der Waals surface area contributed by atoms with Crippen molar-refractivity contribution in [2.45, 2.75) is 45.6 Å². The van der Waals surface area contributed by atoms with Gasteiger partial charge < -0.3 is 15.8 Å². The average Bonchev–Trinajstić information content (AvgIpc) is 2.70. The Bertz CT molecular complexity index is 254. The lowest BCUT2D eigenvalue weighted by atomic mass is 9.89. The van der Waals surface area contributed by atoms with E-state index in [1.165, 1.54) is 0 Å². The van der Waals surface area contributed by atoms with E-state index in [0.717, 1.165) is 32.3 Å². The van der Waals surface area contributed by atoms with Gasteiger partial charge in [-0.05, 0) is 31.1 Å². The molecule has 1 aliphatic rings. The number of hydrogen-bond donors (Lipinski definition) is 2. The summed E-state index contributed by atoms with van der Waals surface area (Å²) in [6.07, 6.45) is 3.70. The highest BCUT2D eigenvalue weighted by molar-refractivity contribution is 5.79. The molecule has 0 aromatic rings. The van der Waals surface area contributed by atoms with Crippen molar-refractivity contribution < 1.29 is 9.53 Å². The van der Waals surface area contributed by atoms with Crippen LogP contribution in [0.25, 0.3) is 0 Å². The fraction of sp³-hybridized carbons (Fsp3) is 0.923. The third-order valence-corrected chi connectivity index (χ3v) is 3.57. The minimum absolute atomic E-state index is 0.0897. The van der Waals surface area contributed by atoms with E-state index in [1.807, 2.05) is 0 Å². The van der Waals surface area contributed by atoms with Gasteiger partial charge in [-0.3, -0.25) is 4.79 Å². The molecule has 1 rings (SSSR count). The lowest BCUT2D eigenvalue weighted by molar-refractivity contribution is -0.125. The topological polar surface area (TPSA) is 64.3 Å². The molecule has 2 atom stereocenters. The van der Waals surface area contributed by atoms with Crippen molar-refractivity contribution in [3.8, 4) is 0 Å². The highest BCUT2D eigenvalue weighted by Gasteiger charge is 2.28. The predicted octanol–water partition coefficient (Wildman–Crippen LogP) is 1.29. The first kappa shape index (κ1) is 14.5. The summed E-state index contributed by atoms with van der Waals surface area (Å²) in [5, 5.41) is 3.04. The Morgan fingerprint density at radius 1 is 1.47 bits per heavy atom. The van der Waals surface area contributed by atoms with E-state index in [2.05, 4.69) is 19.2 Å². The summed E-state index contributed by atoms with van der Waals surface area (Å²) in [5.41, 5.74) is 5.90. The molecule has 0 bridgehead atoms. The molecule has 0 saturated heterocycles. The monoisotopic (exact) mass is 242 g/mol. The molecule has 0 radical (unpaired) electrons. The standard InChI is InChI=1S/C13H26N2O2/c1-13(2,6-7-17-3)9-15-12(16)10-4-5-11(14)8-10/h10-11H,4-9,14H2,1-3H3,(H,15,16). The third kappa shape index (κ3) is 5.04. The fourth-order valence-electron chi connectivity index (χ4n) is 2.19. The number of ether oxygens (including phenoxy) is 1. The van der Waals surface area contributed by atoms with E-state index < -0.39 is 0 Å². The number of carbonyl (C=O) groups is 1. The van der Waals surface area contributed by atoms with E-state index in [0.29, 0.717) is 6.54 Å². The van der Waals surface area contributed by atoms with Crippen molar-refractivity contribution in [2.24, 2.45) is 17.1 Å². The van der Waals surface area contributed by atoms with Gasteiger partial charge in [-0.1, -0.05) is 13.8 Å². The summed E-state index contributed by atoms with van der Waals surface area (Å²) < 4.78 is 5.07. The van der Waals surface area contributed by atoms with Crippen LogP contribution in [0.3, 0.4) is 0 Å². The van der Waals surface area contributed by atoms with Crippen LogP contribution in [0.2, 0.25) is 0 Å². The van der Waals surface area contributed by atoms with Gasteiger partial charge in [0.2, 0.25) is 5.91 Å². The molecule has 4 heteroatoms. The molecular formula is C13H26N2O2. The number of rotatable bonds is 6. The van der Waals surface area contributed by atoms with Crippen LogP contribution in [-0.4, -0.2) is 32.2 Å². The van der Waals surface area contributed by atoms with E-state index in [-0.39, 0.29) is 23.3 Å². The molecule has 0 aromatic heterocycles. The van der Waals surface area contributed by atoms with Crippen molar-refractivity contribution in [1.29, 1.82) is 0 Å². The van der Waals surface area contributed by atoms with Crippen LogP contribution in [0.15, 0.2) is 0 Å². The minimum Gasteiger partial charge on any atom is -0.385 e. The normalized spacial score (nSPS) is 24.9. The van der Waals surface area contributed by atoms with E-state index >= 15 is 0 Å². The zero-order chi connectivity index (χ0) is 12.9. The molecule has 0 spiro atoms. The van der Waals surface area contributed by atoms with Gasteiger partial charge in [0.1, 0.15) is 0 Å². The van der Waals surface area contributed by atoms with Crippen LogP contribution in [0, 0.1) is 11.3 Å². The van der Waals surface area contributed by atoms with Crippen molar-refractivity contribution >= 4 is 5.91 Å². The van der Waals surface area contributed by atoms with Gasteiger partial charge in [-0.2, -0.15) is 0 Å². The van der Waals surface area contributed by atoms with E-state index in [4.69, 9.17) is 10.5 Å². The summed E-state index contributed by atoms with van der Waals surface area (Å²) in [4.78, 5) is 11.9. The Labute approximate surface area is 104 Å². The van der Waals surface area contributed by atoms with E-state index in [1.54, 1.807) is 7.11 Å². The molecule has 1 saturated carbocycles. The molecule has 4 nitrogen and oxygen atoms in total. The number of methoxy groups -OCH3 is 1. The molecule has 100 valence electrons. The fourth-order valence-corrected chi connectivity index (χ4v) is 2.19. The quantitative estimate of drug-likeness (QED) is 0.737. The van der Waals surface area contributed by atoms with Gasteiger partial charge in [0.25, 0.3) is 0 Å². The Kier molecular flexibility index (Phi) is 5.40. The maximum atomic E-state index is 11.9. The molecule has 1 aliphatic carbocycles. The largest absolute Gasteiger partial charge is 0.385 e. The smallest absolute Gasteiger partial charge is 0.223 e. The summed E-state index contributed by atoms with van der Waals surface area (Å²) in [6, 6.07) is 0.215. The summed E-state index contributed by atoms with van der Waals surface area (Å²) >= 11 is 0. The first-order valence-corrected chi connectivity index (χ1v) is 6.47. The van der Waals surface area contributed by atoms with Crippen LogP contribution < -0.4 is 11.1 Å². The first-order valence-electron chi connectivity index (χ1n) is 6.47. The van der Waals surface area contributed by atoms with Crippen molar-refractivity contribution in [2.75, 3.05) is 20.3 Å². The maximum absolute atomic E-state index is 11.9. The van der Waals surface area contributed by atoms with Gasteiger partial charge in [-0.25, -0.2) is 0 Å². The number of nitrogens with one attached hydrogen (secondary N) is 1. The van der Waals surface area contributed by atoms with Gasteiger partial charge in [0.15, 0.2) is 0 Å². The zero-order valence-corrected chi connectivity index (χ0v) is 11.3. The SMILES string of the molecule is COCCC(C)(C)CNC(=O)C1CCC(N)C1. The third-order valence-electron chi connectivity index (χ3n) is 3.57. The molecule has 1 fully saturated rings. The Morgan fingerprint density at radius 2 is 2.18 bits per heavy atom. The van der Waals surface area contributed by atoms with Crippen LogP contribution in [0.1, 0.15) is 39.5 Å². The van der Waals surface area contributed by atoms with Gasteiger partial charge in [0.05, 0.1) is 0 Å².